The summed E-state index contributed by atoms with van der Waals surface area (Å²) in [4.78, 5) is 0. The minimum Gasteiger partial charge on any atom is -0.494 e. The first kappa shape index (κ1) is 15.5. The standard InChI is InChI=1S/C18H22FNO/c1-20-14-15(17-11-5-6-12-18(17)19)8-7-13-21-16-9-3-2-4-10-16/h2-6,9-12,15,20H,7-8,13-14H2,1H3. The molecule has 112 valence electrons. The number of rotatable bonds is 8. The lowest BCUT2D eigenvalue weighted by molar-refractivity contribution is 0.300. The summed E-state index contributed by atoms with van der Waals surface area (Å²) in [5.74, 6) is 0.936. The van der Waals surface area contributed by atoms with Crippen molar-refractivity contribution in [3.63, 3.8) is 0 Å². The molecular weight excluding hydrogens is 265 g/mol. The first-order valence-corrected chi connectivity index (χ1v) is 7.38. The molecule has 0 amide bonds. The highest BCUT2D eigenvalue weighted by Gasteiger charge is 2.14. The van der Waals surface area contributed by atoms with Crippen LogP contribution in [0, 0.1) is 5.82 Å². The Kier molecular flexibility index (Phi) is 6.22. The van der Waals surface area contributed by atoms with Crippen LogP contribution in [-0.2, 0) is 0 Å². The molecule has 0 fully saturated rings. The van der Waals surface area contributed by atoms with Gasteiger partial charge in [-0.2, -0.15) is 0 Å². The van der Waals surface area contributed by atoms with Crippen LogP contribution in [0.1, 0.15) is 24.3 Å². The highest BCUT2D eigenvalue weighted by atomic mass is 19.1. The van der Waals surface area contributed by atoms with E-state index in [2.05, 4.69) is 5.32 Å². The number of hydrogen-bond acceptors (Lipinski definition) is 2. The lowest BCUT2D eigenvalue weighted by Crippen LogP contribution is -2.19. The molecule has 2 rings (SSSR count). The molecule has 0 aliphatic carbocycles. The summed E-state index contributed by atoms with van der Waals surface area (Å²) in [6.45, 7) is 1.42. The van der Waals surface area contributed by atoms with Crippen LogP contribution in [0.2, 0.25) is 0 Å². The Morgan fingerprint density at radius 2 is 1.76 bits per heavy atom. The van der Waals surface area contributed by atoms with Gasteiger partial charge in [0.05, 0.1) is 6.61 Å². The topological polar surface area (TPSA) is 21.3 Å². The summed E-state index contributed by atoms with van der Waals surface area (Å²) >= 11 is 0. The van der Waals surface area contributed by atoms with Crippen molar-refractivity contribution >= 4 is 0 Å². The highest BCUT2D eigenvalue weighted by molar-refractivity contribution is 5.22. The molecule has 21 heavy (non-hydrogen) atoms. The van der Waals surface area contributed by atoms with E-state index in [1.807, 2.05) is 49.5 Å². The molecule has 3 heteroatoms. The molecule has 0 heterocycles. The molecule has 2 aromatic carbocycles. The minimum atomic E-state index is -0.123. The van der Waals surface area contributed by atoms with Crippen molar-refractivity contribution in [1.29, 1.82) is 0 Å². The summed E-state index contributed by atoms with van der Waals surface area (Å²) in [6.07, 6.45) is 1.80. The van der Waals surface area contributed by atoms with E-state index in [0.717, 1.165) is 30.7 Å². The summed E-state index contributed by atoms with van der Waals surface area (Å²) in [7, 11) is 1.90. The van der Waals surface area contributed by atoms with Crippen molar-refractivity contribution in [2.45, 2.75) is 18.8 Å². The van der Waals surface area contributed by atoms with E-state index >= 15 is 0 Å². The lowest BCUT2D eigenvalue weighted by atomic mass is 9.94. The molecular formula is C18H22FNO. The van der Waals surface area contributed by atoms with Gasteiger partial charge in [0.2, 0.25) is 0 Å². The van der Waals surface area contributed by atoms with Crippen LogP contribution in [-0.4, -0.2) is 20.2 Å². The smallest absolute Gasteiger partial charge is 0.126 e. The number of likely N-dealkylation sites (N-methyl/N-ethyl adjacent to an activating group) is 1. The summed E-state index contributed by atoms with van der Waals surface area (Å²) < 4.78 is 19.6. The van der Waals surface area contributed by atoms with E-state index in [1.54, 1.807) is 6.07 Å². The van der Waals surface area contributed by atoms with Gasteiger partial charge >= 0.3 is 0 Å². The van der Waals surface area contributed by atoms with Crippen molar-refractivity contribution in [1.82, 2.24) is 5.32 Å². The SMILES string of the molecule is CNCC(CCCOc1ccccc1)c1ccccc1F. The Labute approximate surface area is 126 Å². The molecule has 0 aliphatic rings. The fourth-order valence-electron chi connectivity index (χ4n) is 2.46. The van der Waals surface area contributed by atoms with Gasteiger partial charge < -0.3 is 10.1 Å². The predicted molar refractivity (Wildman–Crippen MR) is 84.2 cm³/mol. The number of nitrogens with one attached hydrogen (secondary N) is 1. The zero-order valence-electron chi connectivity index (χ0n) is 12.4. The number of benzene rings is 2. The van der Waals surface area contributed by atoms with Crippen LogP contribution in [0.25, 0.3) is 0 Å². The van der Waals surface area contributed by atoms with Crippen LogP contribution in [0.4, 0.5) is 4.39 Å². The molecule has 1 N–H and O–H groups in total. The monoisotopic (exact) mass is 287 g/mol. The van der Waals surface area contributed by atoms with Gasteiger partial charge in [0.15, 0.2) is 0 Å². The van der Waals surface area contributed by atoms with Gasteiger partial charge in [0.25, 0.3) is 0 Å². The van der Waals surface area contributed by atoms with Crippen LogP contribution in [0.15, 0.2) is 54.6 Å². The molecule has 1 unspecified atom stereocenters. The van der Waals surface area contributed by atoms with Gasteiger partial charge in [-0.25, -0.2) is 4.39 Å². The summed E-state index contributed by atoms with van der Waals surface area (Å²) in [5.41, 5.74) is 0.784. The molecule has 2 aromatic rings. The van der Waals surface area contributed by atoms with Gasteiger partial charge in [-0.3, -0.25) is 0 Å². The van der Waals surface area contributed by atoms with Gasteiger partial charge in [-0.05, 0) is 49.6 Å². The second-order valence-corrected chi connectivity index (χ2v) is 5.08. The van der Waals surface area contributed by atoms with E-state index in [1.165, 1.54) is 6.07 Å². The van der Waals surface area contributed by atoms with Crippen LogP contribution < -0.4 is 10.1 Å². The van der Waals surface area contributed by atoms with Gasteiger partial charge in [0, 0.05) is 6.54 Å². The fourth-order valence-corrected chi connectivity index (χ4v) is 2.46. The number of ether oxygens (including phenoxy) is 1. The first-order chi connectivity index (χ1) is 10.3. The normalized spacial score (nSPS) is 12.1. The minimum absolute atomic E-state index is 0.123. The molecule has 0 aromatic heterocycles. The average Bonchev–Trinajstić information content (AvgIpc) is 2.52. The van der Waals surface area contributed by atoms with Crippen LogP contribution >= 0.6 is 0 Å². The second-order valence-electron chi connectivity index (χ2n) is 5.08. The lowest BCUT2D eigenvalue weighted by Gasteiger charge is -2.18. The van der Waals surface area contributed by atoms with Crippen molar-refractivity contribution in [2.24, 2.45) is 0 Å². The summed E-state index contributed by atoms with van der Waals surface area (Å²) in [5, 5.41) is 3.14. The van der Waals surface area contributed by atoms with E-state index in [0.29, 0.717) is 6.61 Å². The molecule has 2 nitrogen and oxygen atoms in total. The number of halogens is 1. The largest absolute Gasteiger partial charge is 0.494 e. The van der Waals surface area contributed by atoms with Crippen LogP contribution in [0.3, 0.4) is 0 Å². The van der Waals surface area contributed by atoms with E-state index in [-0.39, 0.29) is 11.7 Å². The number of hydrogen-bond donors (Lipinski definition) is 1. The Hall–Kier alpha value is -1.87. The number of para-hydroxylation sites is 1. The molecule has 0 saturated carbocycles. The molecule has 0 spiro atoms. The quantitative estimate of drug-likeness (QED) is 0.741. The van der Waals surface area contributed by atoms with Gasteiger partial charge in [-0.1, -0.05) is 36.4 Å². The molecule has 0 bridgehead atoms. The summed E-state index contributed by atoms with van der Waals surface area (Å²) in [6, 6.07) is 16.8. The Balaban J connectivity index is 1.85. The Morgan fingerprint density at radius 3 is 2.48 bits per heavy atom. The molecule has 0 radical (unpaired) electrons. The van der Waals surface area contributed by atoms with Crippen molar-refractivity contribution in [3.05, 3.63) is 66.0 Å². The highest BCUT2D eigenvalue weighted by Crippen LogP contribution is 2.23. The maximum absolute atomic E-state index is 13.9. The molecule has 1 atom stereocenters. The first-order valence-electron chi connectivity index (χ1n) is 7.38. The third-order valence-corrected chi connectivity index (χ3v) is 3.50. The second kappa shape index (κ2) is 8.42. The third-order valence-electron chi connectivity index (χ3n) is 3.50. The van der Waals surface area contributed by atoms with Crippen molar-refractivity contribution in [2.75, 3.05) is 20.2 Å². The van der Waals surface area contributed by atoms with Crippen LogP contribution in [0.5, 0.6) is 5.75 Å². The maximum Gasteiger partial charge on any atom is 0.126 e. The van der Waals surface area contributed by atoms with Gasteiger partial charge in [-0.15, -0.1) is 0 Å². The average molecular weight is 287 g/mol. The van der Waals surface area contributed by atoms with Gasteiger partial charge in [0.1, 0.15) is 11.6 Å². The Morgan fingerprint density at radius 1 is 1.05 bits per heavy atom. The third kappa shape index (κ3) is 4.87. The zero-order valence-corrected chi connectivity index (χ0v) is 12.4. The maximum atomic E-state index is 13.9. The Bertz CT molecular complexity index is 530. The fraction of sp³-hybridized carbons (Fsp3) is 0.333. The molecule has 0 aliphatic heterocycles. The van der Waals surface area contributed by atoms with E-state index in [4.69, 9.17) is 4.74 Å². The van der Waals surface area contributed by atoms with Crippen molar-refractivity contribution in [3.8, 4) is 5.75 Å². The van der Waals surface area contributed by atoms with E-state index < -0.39 is 0 Å². The predicted octanol–water partition coefficient (Wildman–Crippen LogP) is 3.99. The molecule has 0 saturated heterocycles. The van der Waals surface area contributed by atoms with Crippen molar-refractivity contribution < 1.29 is 9.13 Å². The van der Waals surface area contributed by atoms with E-state index in [9.17, 15) is 4.39 Å². The zero-order chi connectivity index (χ0) is 14.9.